The van der Waals surface area contributed by atoms with Crippen LogP contribution in [-0.2, 0) is 0 Å². The van der Waals surface area contributed by atoms with Gasteiger partial charge < -0.3 is 15.0 Å². The Morgan fingerprint density at radius 2 is 2.08 bits per heavy atom. The largest absolute Gasteiger partial charge is 0.497 e. The third-order valence-electron chi connectivity index (χ3n) is 3.97. The Kier molecular flexibility index (Phi) is 4.83. The second-order valence-electron chi connectivity index (χ2n) is 5.78. The van der Waals surface area contributed by atoms with Crippen LogP contribution in [0.5, 0.6) is 5.75 Å². The number of methoxy groups -OCH3 is 1. The molecule has 3 rings (SSSR count). The number of aryl methyl sites for hydroxylation is 1. The summed E-state index contributed by atoms with van der Waals surface area (Å²) >= 11 is 0. The van der Waals surface area contributed by atoms with Crippen LogP contribution in [0.25, 0.3) is 11.3 Å². The van der Waals surface area contributed by atoms with E-state index in [2.05, 4.69) is 25.5 Å². The van der Waals surface area contributed by atoms with Gasteiger partial charge in [0.15, 0.2) is 0 Å². The monoisotopic (exact) mass is 339 g/mol. The first-order chi connectivity index (χ1) is 12.1. The molecule has 3 aromatic rings. The lowest BCUT2D eigenvalue weighted by Gasteiger charge is -2.13. The molecule has 0 saturated heterocycles. The number of nitrogens with zero attached hydrogens (tertiary/aromatic N) is 2. The van der Waals surface area contributed by atoms with Gasteiger partial charge in [0.1, 0.15) is 17.3 Å². The van der Waals surface area contributed by atoms with E-state index in [1.807, 2.05) is 38.1 Å². The highest BCUT2D eigenvalue weighted by molar-refractivity contribution is 5.93. The molecule has 0 spiro atoms. The van der Waals surface area contributed by atoms with Gasteiger partial charge in [-0.15, -0.1) is 0 Å². The van der Waals surface area contributed by atoms with Gasteiger partial charge in [0.05, 0.1) is 18.8 Å². The number of hydrogen-bond donors (Lipinski definition) is 3. The number of carbonyl (C=O) groups excluding carboxylic acids is 1. The van der Waals surface area contributed by atoms with Crippen LogP contribution in [0.1, 0.15) is 41.4 Å². The van der Waals surface area contributed by atoms with Gasteiger partial charge in [0.25, 0.3) is 5.91 Å². The van der Waals surface area contributed by atoms with E-state index in [4.69, 9.17) is 4.74 Å². The predicted molar refractivity (Wildman–Crippen MR) is 94.4 cm³/mol. The van der Waals surface area contributed by atoms with Gasteiger partial charge in [-0.1, -0.05) is 6.92 Å². The van der Waals surface area contributed by atoms with Gasteiger partial charge in [0, 0.05) is 17.5 Å². The van der Waals surface area contributed by atoms with E-state index in [0.717, 1.165) is 29.3 Å². The van der Waals surface area contributed by atoms with Crippen molar-refractivity contribution in [3.8, 4) is 17.0 Å². The quantitative estimate of drug-likeness (QED) is 0.643. The number of hydrogen-bond acceptors (Lipinski definition) is 4. The highest BCUT2D eigenvalue weighted by atomic mass is 16.5. The van der Waals surface area contributed by atoms with Crippen molar-refractivity contribution in [1.82, 2.24) is 25.5 Å². The van der Waals surface area contributed by atoms with E-state index in [-0.39, 0.29) is 11.9 Å². The molecule has 0 aliphatic heterocycles. The standard InChI is InChI=1S/C18H21N5O2/c1-4-14(17-19-10-11(2)20-17)21-18(24)16-9-15(22-23-16)12-5-7-13(25-3)8-6-12/h5-10,14H,4H2,1-3H3,(H,19,20)(H,21,24)(H,22,23)/t14-/m1/s1. The lowest BCUT2D eigenvalue weighted by atomic mass is 10.1. The fraction of sp³-hybridized carbons (Fsp3) is 0.278. The Labute approximate surface area is 145 Å². The molecule has 2 heterocycles. The Morgan fingerprint density at radius 3 is 2.68 bits per heavy atom. The molecule has 130 valence electrons. The fourth-order valence-corrected chi connectivity index (χ4v) is 2.56. The number of carbonyl (C=O) groups is 1. The number of H-pyrrole nitrogens is 2. The van der Waals surface area contributed by atoms with Crippen molar-refractivity contribution in [3.63, 3.8) is 0 Å². The van der Waals surface area contributed by atoms with E-state index >= 15 is 0 Å². The maximum absolute atomic E-state index is 12.5. The van der Waals surface area contributed by atoms with Gasteiger partial charge in [0.2, 0.25) is 0 Å². The van der Waals surface area contributed by atoms with E-state index in [1.54, 1.807) is 19.4 Å². The molecule has 0 aliphatic rings. The van der Waals surface area contributed by atoms with Gasteiger partial charge >= 0.3 is 0 Å². The average molecular weight is 339 g/mol. The van der Waals surface area contributed by atoms with Crippen LogP contribution in [0.15, 0.2) is 36.5 Å². The van der Waals surface area contributed by atoms with Crippen molar-refractivity contribution in [2.24, 2.45) is 0 Å². The summed E-state index contributed by atoms with van der Waals surface area (Å²) in [6.07, 6.45) is 2.49. The van der Waals surface area contributed by atoms with Gasteiger partial charge in [-0.25, -0.2) is 4.98 Å². The maximum atomic E-state index is 12.5. The highest BCUT2D eigenvalue weighted by Crippen LogP contribution is 2.21. The molecule has 2 aromatic heterocycles. The second kappa shape index (κ2) is 7.21. The average Bonchev–Trinajstić information content (AvgIpc) is 3.29. The molecule has 1 amide bonds. The number of imidazole rings is 1. The van der Waals surface area contributed by atoms with E-state index in [9.17, 15) is 4.79 Å². The van der Waals surface area contributed by atoms with Crippen molar-refractivity contribution in [2.75, 3.05) is 7.11 Å². The zero-order valence-corrected chi connectivity index (χ0v) is 14.5. The van der Waals surface area contributed by atoms with Gasteiger partial charge in [-0.3, -0.25) is 9.89 Å². The summed E-state index contributed by atoms with van der Waals surface area (Å²) in [5.41, 5.74) is 2.98. The zero-order valence-electron chi connectivity index (χ0n) is 14.5. The number of ether oxygens (including phenoxy) is 1. The Morgan fingerprint density at radius 1 is 1.32 bits per heavy atom. The van der Waals surface area contributed by atoms with Crippen LogP contribution >= 0.6 is 0 Å². The van der Waals surface area contributed by atoms with Crippen molar-refractivity contribution >= 4 is 5.91 Å². The lowest BCUT2D eigenvalue weighted by molar-refractivity contribution is 0.0928. The number of rotatable bonds is 6. The van der Waals surface area contributed by atoms with Crippen LogP contribution in [-0.4, -0.2) is 33.2 Å². The molecule has 25 heavy (non-hydrogen) atoms. The minimum atomic E-state index is -0.215. The molecule has 0 fully saturated rings. The minimum absolute atomic E-state index is 0.172. The summed E-state index contributed by atoms with van der Waals surface area (Å²) in [5, 5.41) is 9.99. The number of nitrogens with one attached hydrogen (secondary N) is 3. The van der Waals surface area contributed by atoms with E-state index in [1.165, 1.54) is 0 Å². The highest BCUT2D eigenvalue weighted by Gasteiger charge is 2.18. The molecular formula is C18H21N5O2. The van der Waals surface area contributed by atoms with Crippen LogP contribution in [0.4, 0.5) is 0 Å². The fourth-order valence-electron chi connectivity index (χ4n) is 2.56. The molecule has 0 unspecified atom stereocenters. The number of aromatic amines is 2. The van der Waals surface area contributed by atoms with Crippen molar-refractivity contribution in [1.29, 1.82) is 0 Å². The summed E-state index contributed by atoms with van der Waals surface area (Å²) in [6.45, 7) is 3.93. The molecule has 0 saturated carbocycles. The molecule has 1 atom stereocenters. The molecule has 7 heteroatoms. The third-order valence-corrected chi connectivity index (χ3v) is 3.97. The van der Waals surface area contributed by atoms with Crippen LogP contribution in [0.2, 0.25) is 0 Å². The molecule has 0 aliphatic carbocycles. The number of aromatic nitrogens is 4. The summed E-state index contributed by atoms with van der Waals surface area (Å²) in [5.74, 6) is 1.31. The van der Waals surface area contributed by atoms with E-state index in [0.29, 0.717) is 11.4 Å². The Hall–Kier alpha value is -3.09. The van der Waals surface area contributed by atoms with E-state index < -0.39 is 0 Å². The number of amides is 1. The third kappa shape index (κ3) is 3.71. The molecule has 0 bridgehead atoms. The molecule has 3 N–H and O–H groups in total. The van der Waals surface area contributed by atoms with Crippen LogP contribution < -0.4 is 10.1 Å². The topological polar surface area (TPSA) is 95.7 Å². The normalized spacial score (nSPS) is 12.0. The van der Waals surface area contributed by atoms with Gasteiger partial charge in [-0.05, 0) is 43.7 Å². The van der Waals surface area contributed by atoms with Crippen molar-refractivity contribution < 1.29 is 9.53 Å². The summed E-state index contributed by atoms with van der Waals surface area (Å²) in [7, 11) is 1.62. The van der Waals surface area contributed by atoms with Gasteiger partial charge in [-0.2, -0.15) is 5.10 Å². The first-order valence-corrected chi connectivity index (χ1v) is 8.13. The first kappa shape index (κ1) is 16.8. The maximum Gasteiger partial charge on any atom is 0.269 e. The summed E-state index contributed by atoms with van der Waals surface area (Å²) < 4.78 is 5.15. The smallest absolute Gasteiger partial charge is 0.269 e. The summed E-state index contributed by atoms with van der Waals surface area (Å²) in [4.78, 5) is 20.0. The Bertz CT molecular complexity index is 850. The molecular weight excluding hydrogens is 318 g/mol. The predicted octanol–water partition coefficient (Wildman–Crippen LogP) is 3.00. The number of benzene rings is 1. The summed E-state index contributed by atoms with van der Waals surface area (Å²) in [6, 6.07) is 9.08. The Balaban J connectivity index is 1.73. The molecule has 7 nitrogen and oxygen atoms in total. The second-order valence-corrected chi connectivity index (χ2v) is 5.78. The molecule has 1 aromatic carbocycles. The van der Waals surface area contributed by atoms with Crippen molar-refractivity contribution in [3.05, 3.63) is 53.7 Å². The SMILES string of the molecule is CC[C@@H](NC(=O)c1cc(-c2ccc(OC)cc2)n[nH]1)c1ncc(C)[nH]1. The lowest BCUT2D eigenvalue weighted by Crippen LogP contribution is -2.29. The van der Waals surface area contributed by atoms with Crippen LogP contribution in [0, 0.1) is 6.92 Å². The van der Waals surface area contributed by atoms with Crippen LogP contribution in [0.3, 0.4) is 0 Å². The zero-order chi connectivity index (χ0) is 17.8. The molecule has 0 radical (unpaired) electrons. The van der Waals surface area contributed by atoms with Crippen molar-refractivity contribution in [2.45, 2.75) is 26.3 Å². The minimum Gasteiger partial charge on any atom is -0.497 e. The first-order valence-electron chi connectivity index (χ1n) is 8.13.